The molecule has 2 aliphatic carbocycles. The van der Waals surface area contributed by atoms with E-state index >= 15 is 0 Å². The van der Waals surface area contributed by atoms with Crippen molar-refractivity contribution >= 4 is 17.2 Å². The second-order valence-corrected chi connectivity index (χ2v) is 7.51. The molecule has 0 N–H and O–H groups in total. The molecule has 2 fully saturated rings. The zero-order valence-corrected chi connectivity index (χ0v) is 13.6. The quantitative estimate of drug-likeness (QED) is 0.834. The van der Waals surface area contributed by atoms with Crippen LogP contribution in [0.15, 0.2) is 36.5 Å². The highest BCUT2D eigenvalue weighted by atomic mass is 32.1. The van der Waals surface area contributed by atoms with Gasteiger partial charge in [0.25, 0.3) is 5.91 Å². The van der Waals surface area contributed by atoms with Crippen LogP contribution < -0.4 is 0 Å². The van der Waals surface area contributed by atoms with Gasteiger partial charge in [-0.15, -0.1) is 11.3 Å². The number of hydrogen-bond acceptors (Lipinski definition) is 3. The molecule has 2 saturated carbocycles. The lowest BCUT2D eigenvalue weighted by molar-refractivity contribution is 0.0694. The first-order valence-electron chi connectivity index (χ1n) is 8.02. The molecule has 2 aliphatic rings. The summed E-state index contributed by atoms with van der Waals surface area (Å²) < 4.78 is 0. The van der Waals surface area contributed by atoms with Crippen molar-refractivity contribution in [1.29, 1.82) is 0 Å². The zero-order chi connectivity index (χ0) is 15.1. The van der Waals surface area contributed by atoms with Crippen molar-refractivity contribution in [3.63, 3.8) is 0 Å². The maximum atomic E-state index is 12.8. The van der Waals surface area contributed by atoms with Crippen molar-refractivity contribution in [3.05, 3.63) is 41.4 Å². The van der Waals surface area contributed by atoms with Gasteiger partial charge >= 0.3 is 0 Å². The van der Waals surface area contributed by atoms with E-state index in [9.17, 15) is 4.79 Å². The van der Waals surface area contributed by atoms with E-state index in [0.29, 0.717) is 6.04 Å². The topological polar surface area (TPSA) is 33.2 Å². The van der Waals surface area contributed by atoms with Crippen LogP contribution in [0.25, 0.3) is 10.6 Å². The van der Waals surface area contributed by atoms with Gasteiger partial charge in [0.15, 0.2) is 0 Å². The van der Waals surface area contributed by atoms with Gasteiger partial charge in [-0.3, -0.25) is 4.79 Å². The van der Waals surface area contributed by atoms with Crippen LogP contribution in [0.5, 0.6) is 0 Å². The Bertz CT molecular complexity index is 661. The summed E-state index contributed by atoms with van der Waals surface area (Å²) in [4.78, 5) is 20.0. The fraction of sp³-hybridized carbons (Fsp3) is 0.444. The molecule has 0 radical (unpaired) electrons. The van der Waals surface area contributed by atoms with E-state index in [0.717, 1.165) is 27.3 Å². The summed E-state index contributed by atoms with van der Waals surface area (Å²) in [6.07, 6.45) is 6.89. The molecule has 4 rings (SSSR count). The summed E-state index contributed by atoms with van der Waals surface area (Å²) in [6.45, 7) is 0. The molecule has 2 aromatic rings. The average Bonchev–Trinajstić information content (AvgIpc) is 3.49. The number of hydrogen-bond donors (Lipinski definition) is 0. The fourth-order valence-electron chi connectivity index (χ4n) is 3.29. The molecule has 0 aliphatic heterocycles. The van der Waals surface area contributed by atoms with E-state index in [1.807, 2.05) is 42.3 Å². The third-order valence-electron chi connectivity index (χ3n) is 4.71. The first-order valence-corrected chi connectivity index (χ1v) is 8.84. The maximum Gasteiger partial charge on any atom is 0.265 e. The summed E-state index contributed by atoms with van der Waals surface area (Å²) in [7, 11) is 1.98. The van der Waals surface area contributed by atoms with Crippen LogP contribution in [-0.4, -0.2) is 28.9 Å². The minimum absolute atomic E-state index is 0.142. The Kier molecular flexibility index (Phi) is 3.49. The third kappa shape index (κ3) is 2.68. The second kappa shape index (κ2) is 5.51. The molecule has 0 unspecified atom stereocenters. The van der Waals surface area contributed by atoms with Gasteiger partial charge in [-0.2, -0.15) is 0 Å². The molecule has 1 aromatic carbocycles. The minimum atomic E-state index is 0.142. The van der Waals surface area contributed by atoms with Crippen LogP contribution in [-0.2, 0) is 0 Å². The molecular weight excluding hydrogens is 292 g/mol. The zero-order valence-electron chi connectivity index (χ0n) is 12.7. The molecule has 114 valence electrons. The summed E-state index contributed by atoms with van der Waals surface area (Å²) in [5, 5.41) is 0.923. The average molecular weight is 312 g/mol. The Morgan fingerprint density at radius 2 is 1.82 bits per heavy atom. The smallest absolute Gasteiger partial charge is 0.265 e. The second-order valence-electron chi connectivity index (χ2n) is 6.48. The van der Waals surface area contributed by atoms with Crippen molar-refractivity contribution < 1.29 is 4.79 Å². The molecule has 3 nitrogen and oxygen atoms in total. The van der Waals surface area contributed by atoms with Crippen LogP contribution in [0.2, 0.25) is 0 Å². The van der Waals surface area contributed by atoms with E-state index in [1.54, 1.807) is 6.20 Å². The SMILES string of the molecule is CN(C(=O)c1cnc(-c2ccccc2)s1)C(C1CC1)C1CC1. The van der Waals surface area contributed by atoms with Crippen molar-refractivity contribution in [3.8, 4) is 10.6 Å². The van der Waals surface area contributed by atoms with Gasteiger partial charge in [0.2, 0.25) is 0 Å². The van der Waals surface area contributed by atoms with Gasteiger partial charge in [-0.1, -0.05) is 30.3 Å². The highest BCUT2D eigenvalue weighted by Crippen LogP contribution is 2.47. The van der Waals surface area contributed by atoms with Gasteiger partial charge in [0, 0.05) is 18.7 Å². The van der Waals surface area contributed by atoms with E-state index in [4.69, 9.17) is 0 Å². The van der Waals surface area contributed by atoms with Crippen molar-refractivity contribution in [2.45, 2.75) is 31.7 Å². The number of thiazole rings is 1. The monoisotopic (exact) mass is 312 g/mol. The van der Waals surface area contributed by atoms with Crippen molar-refractivity contribution in [2.75, 3.05) is 7.05 Å². The van der Waals surface area contributed by atoms with E-state index in [1.165, 1.54) is 37.0 Å². The number of carbonyl (C=O) groups excluding carboxylic acids is 1. The number of rotatable bonds is 5. The van der Waals surface area contributed by atoms with Gasteiger partial charge in [0.05, 0.1) is 6.20 Å². The highest BCUT2D eigenvalue weighted by Gasteiger charge is 2.45. The molecule has 0 spiro atoms. The summed E-state index contributed by atoms with van der Waals surface area (Å²) in [5.74, 6) is 1.62. The predicted molar refractivity (Wildman–Crippen MR) is 88.9 cm³/mol. The Morgan fingerprint density at radius 3 is 2.41 bits per heavy atom. The third-order valence-corrected chi connectivity index (χ3v) is 5.75. The molecule has 1 heterocycles. The molecule has 0 atom stereocenters. The number of aromatic nitrogens is 1. The molecule has 0 bridgehead atoms. The van der Waals surface area contributed by atoms with Crippen molar-refractivity contribution in [1.82, 2.24) is 9.88 Å². The van der Waals surface area contributed by atoms with Gasteiger partial charge < -0.3 is 4.90 Å². The molecule has 22 heavy (non-hydrogen) atoms. The number of nitrogens with zero attached hydrogens (tertiary/aromatic N) is 2. The van der Waals surface area contributed by atoms with E-state index < -0.39 is 0 Å². The number of benzene rings is 1. The van der Waals surface area contributed by atoms with E-state index in [-0.39, 0.29) is 5.91 Å². The summed E-state index contributed by atoms with van der Waals surface area (Å²) in [5.41, 5.74) is 1.08. The molecule has 1 aromatic heterocycles. The number of amides is 1. The lowest BCUT2D eigenvalue weighted by atomic mass is 10.1. The van der Waals surface area contributed by atoms with Crippen molar-refractivity contribution in [2.24, 2.45) is 11.8 Å². The Hall–Kier alpha value is -1.68. The molecular formula is C18H20N2OS. The van der Waals surface area contributed by atoms with Crippen LogP contribution in [0.3, 0.4) is 0 Å². The highest BCUT2D eigenvalue weighted by molar-refractivity contribution is 7.16. The van der Waals surface area contributed by atoms with Gasteiger partial charge in [0.1, 0.15) is 9.88 Å². The first kappa shape index (κ1) is 13.9. The fourth-order valence-corrected chi connectivity index (χ4v) is 4.19. The lowest BCUT2D eigenvalue weighted by Crippen LogP contribution is -2.39. The largest absolute Gasteiger partial charge is 0.337 e. The van der Waals surface area contributed by atoms with Crippen LogP contribution in [0.4, 0.5) is 0 Å². The molecule has 1 amide bonds. The molecule has 4 heteroatoms. The van der Waals surface area contributed by atoms with Crippen LogP contribution >= 0.6 is 11.3 Å². The standard InChI is InChI=1S/C18H20N2OS/c1-20(16(12-7-8-12)13-9-10-13)18(21)15-11-19-17(22-15)14-5-3-2-4-6-14/h2-6,11-13,16H,7-10H2,1H3. The van der Waals surface area contributed by atoms with Crippen LogP contribution in [0, 0.1) is 11.8 Å². The van der Waals surface area contributed by atoms with E-state index in [2.05, 4.69) is 4.98 Å². The summed E-state index contributed by atoms with van der Waals surface area (Å²) in [6, 6.07) is 10.5. The van der Waals surface area contributed by atoms with Gasteiger partial charge in [-0.05, 0) is 37.5 Å². The van der Waals surface area contributed by atoms with Gasteiger partial charge in [-0.25, -0.2) is 4.98 Å². The first-order chi connectivity index (χ1) is 10.7. The predicted octanol–water partition coefficient (Wildman–Crippen LogP) is 4.07. The Morgan fingerprint density at radius 1 is 1.18 bits per heavy atom. The number of carbonyl (C=O) groups is 1. The Labute approximate surface area is 135 Å². The minimum Gasteiger partial charge on any atom is -0.337 e. The normalized spacial score (nSPS) is 17.7. The maximum absolute atomic E-state index is 12.8. The molecule has 0 saturated heterocycles. The van der Waals surface area contributed by atoms with Crippen LogP contribution in [0.1, 0.15) is 35.4 Å². The Balaban J connectivity index is 1.54. The lowest BCUT2D eigenvalue weighted by Gasteiger charge is -2.27. The summed E-state index contributed by atoms with van der Waals surface area (Å²) >= 11 is 1.50.